The molecule has 0 fully saturated rings. The monoisotopic (exact) mass is 245 g/mol. The van der Waals surface area contributed by atoms with Gasteiger partial charge in [-0.2, -0.15) is 0 Å². The van der Waals surface area contributed by atoms with Crippen LogP contribution in [0.5, 0.6) is 5.75 Å². The van der Waals surface area contributed by atoms with Crippen molar-refractivity contribution in [1.29, 1.82) is 0 Å². The number of aromatic nitrogens is 2. The van der Waals surface area contributed by atoms with E-state index in [1.165, 1.54) is 6.20 Å². The lowest BCUT2D eigenvalue weighted by atomic mass is 10.2. The summed E-state index contributed by atoms with van der Waals surface area (Å²) in [5.74, 6) is 0.00635. The average molecular weight is 245 g/mol. The Balaban J connectivity index is 2.35. The van der Waals surface area contributed by atoms with Crippen LogP contribution in [0.2, 0.25) is 0 Å². The van der Waals surface area contributed by atoms with Crippen LogP contribution in [0.25, 0.3) is 0 Å². The minimum atomic E-state index is -0.136. The number of nitrogens with zero attached hydrogens (tertiary/aromatic N) is 3. The Morgan fingerprint density at radius 2 is 2.28 bits per heavy atom. The van der Waals surface area contributed by atoms with Gasteiger partial charge in [-0.3, -0.25) is 4.79 Å². The average Bonchev–Trinajstić information content (AvgIpc) is 2.76. The molecule has 0 bridgehead atoms. The Kier molecular flexibility index (Phi) is 3.32. The van der Waals surface area contributed by atoms with Crippen molar-refractivity contribution in [2.75, 3.05) is 11.4 Å². The Morgan fingerprint density at radius 1 is 1.50 bits per heavy atom. The standard InChI is InChI=1S/C13H15N3O2/c1-3-16(10-5-4-6-11(17)7-10)13(18)12-8-14-9-15(12)2/h4-9,17H,3H2,1-2H3. The van der Waals surface area contributed by atoms with Crippen LogP contribution in [0.3, 0.4) is 0 Å². The summed E-state index contributed by atoms with van der Waals surface area (Å²) in [4.78, 5) is 17.9. The highest BCUT2D eigenvalue weighted by atomic mass is 16.3. The fourth-order valence-electron chi connectivity index (χ4n) is 1.81. The number of anilines is 1. The number of hydrogen-bond donors (Lipinski definition) is 1. The Hall–Kier alpha value is -2.30. The van der Waals surface area contributed by atoms with E-state index >= 15 is 0 Å². The van der Waals surface area contributed by atoms with Gasteiger partial charge in [-0.1, -0.05) is 6.07 Å². The minimum absolute atomic E-state index is 0.136. The van der Waals surface area contributed by atoms with E-state index < -0.39 is 0 Å². The second-order valence-corrected chi connectivity index (χ2v) is 3.96. The maximum atomic E-state index is 12.4. The predicted octanol–water partition coefficient (Wildman–Crippen LogP) is 1.79. The van der Waals surface area contributed by atoms with Crippen molar-refractivity contribution in [2.24, 2.45) is 7.05 Å². The van der Waals surface area contributed by atoms with Crippen molar-refractivity contribution in [3.63, 3.8) is 0 Å². The van der Waals surface area contributed by atoms with Crippen LogP contribution in [0, 0.1) is 0 Å². The van der Waals surface area contributed by atoms with Gasteiger partial charge in [0, 0.05) is 25.3 Å². The highest BCUT2D eigenvalue weighted by Gasteiger charge is 2.18. The van der Waals surface area contributed by atoms with E-state index in [4.69, 9.17) is 0 Å². The molecule has 0 spiro atoms. The molecular weight excluding hydrogens is 230 g/mol. The van der Waals surface area contributed by atoms with E-state index in [2.05, 4.69) is 4.98 Å². The zero-order valence-electron chi connectivity index (χ0n) is 10.4. The van der Waals surface area contributed by atoms with Crippen molar-refractivity contribution in [1.82, 2.24) is 9.55 Å². The lowest BCUT2D eigenvalue weighted by molar-refractivity contribution is 0.0980. The molecule has 0 unspecified atom stereocenters. The summed E-state index contributed by atoms with van der Waals surface area (Å²) in [7, 11) is 1.77. The lowest BCUT2D eigenvalue weighted by Gasteiger charge is -2.21. The first-order valence-corrected chi connectivity index (χ1v) is 5.70. The number of phenols is 1. The minimum Gasteiger partial charge on any atom is -0.508 e. The number of aryl methyl sites for hydroxylation is 1. The summed E-state index contributed by atoms with van der Waals surface area (Å²) in [5.41, 5.74) is 1.18. The van der Waals surface area contributed by atoms with Gasteiger partial charge in [0.25, 0.3) is 5.91 Å². The molecular formula is C13H15N3O2. The van der Waals surface area contributed by atoms with Crippen molar-refractivity contribution < 1.29 is 9.90 Å². The van der Waals surface area contributed by atoms with Gasteiger partial charge in [0.15, 0.2) is 0 Å². The Morgan fingerprint density at radius 3 is 2.83 bits per heavy atom. The fraction of sp³-hybridized carbons (Fsp3) is 0.231. The van der Waals surface area contributed by atoms with Gasteiger partial charge in [-0.25, -0.2) is 4.98 Å². The molecule has 1 aromatic carbocycles. The van der Waals surface area contributed by atoms with Crippen molar-refractivity contribution >= 4 is 11.6 Å². The third kappa shape index (κ3) is 2.20. The highest BCUT2D eigenvalue weighted by Crippen LogP contribution is 2.21. The molecule has 1 heterocycles. The van der Waals surface area contributed by atoms with Gasteiger partial charge in [0.2, 0.25) is 0 Å². The van der Waals surface area contributed by atoms with Gasteiger partial charge in [0.05, 0.1) is 12.5 Å². The second kappa shape index (κ2) is 4.91. The quantitative estimate of drug-likeness (QED) is 0.896. The van der Waals surface area contributed by atoms with Crippen molar-refractivity contribution in [3.8, 4) is 5.75 Å². The normalized spacial score (nSPS) is 10.3. The van der Waals surface area contributed by atoms with E-state index in [9.17, 15) is 9.90 Å². The van der Waals surface area contributed by atoms with Crippen LogP contribution in [0.15, 0.2) is 36.8 Å². The molecule has 0 saturated heterocycles. The fourth-order valence-corrected chi connectivity index (χ4v) is 1.81. The molecule has 18 heavy (non-hydrogen) atoms. The van der Waals surface area contributed by atoms with E-state index in [0.29, 0.717) is 17.9 Å². The molecule has 5 heteroatoms. The van der Waals surface area contributed by atoms with Crippen LogP contribution < -0.4 is 4.90 Å². The number of phenolic OH excluding ortho intramolecular Hbond substituents is 1. The number of rotatable bonds is 3. The molecule has 1 aromatic heterocycles. The number of carbonyl (C=O) groups excluding carboxylic acids is 1. The van der Waals surface area contributed by atoms with Gasteiger partial charge in [-0.05, 0) is 19.1 Å². The van der Waals surface area contributed by atoms with Crippen molar-refractivity contribution in [2.45, 2.75) is 6.92 Å². The number of benzene rings is 1. The molecule has 2 aromatic rings. The topological polar surface area (TPSA) is 58.4 Å². The number of aromatic hydroxyl groups is 1. The van der Waals surface area contributed by atoms with Gasteiger partial charge < -0.3 is 14.6 Å². The van der Waals surface area contributed by atoms with Gasteiger partial charge >= 0.3 is 0 Å². The molecule has 1 amide bonds. The summed E-state index contributed by atoms with van der Waals surface area (Å²) >= 11 is 0. The Bertz CT molecular complexity index is 563. The third-order valence-electron chi connectivity index (χ3n) is 2.74. The van der Waals surface area contributed by atoms with E-state index in [1.54, 1.807) is 47.1 Å². The number of imidazole rings is 1. The van der Waals surface area contributed by atoms with Gasteiger partial charge in [-0.15, -0.1) is 0 Å². The maximum absolute atomic E-state index is 12.4. The summed E-state index contributed by atoms with van der Waals surface area (Å²) in [5, 5.41) is 9.47. The summed E-state index contributed by atoms with van der Waals surface area (Å²) in [6.45, 7) is 2.41. The first-order chi connectivity index (χ1) is 8.63. The summed E-state index contributed by atoms with van der Waals surface area (Å²) in [6.07, 6.45) is 3.12. The molecule has 0 atom stereocenters. The molecule has 0 saturated carbocycles. The number of hydrogen-bond acceptors (Lipinski definition) is 3. The third-order valence-corrected chi connectivity index (χ3v) is 2.74. The first-order valence-electron chi connectivity index (χ1n) is 5.70. The first kappa shape index (κ1) is 12.2. The van der Waals surface area contributed by atoms with Gasteiger partial charge in [0.1, 0.15) is 11.4 Å². The van der Waals surface area contributed by atoms with Crippen LogP contribution in [-0.2, 0) is 7.05 Å². The van der Waals surface area contributed by atoms with Crippen LogP contribution in [-0.4, -0.2) is 27.1 Å². The number of carbonyl (C=O) groups is 1. The van der Waals surface area contributed by atoms with Crippen LogP contribution >= 0.6 is 0 Å². The van der Waals surface area contributed by atoms with Crippen LogP contribution in [0.1, 0.15) is 17.4 Å². The molecule has 0 aliphatic carbocycles. The molecule has 0 radical (unpaired) electrons. The number of amides is 1. The van der Waals surface area contributed by atoms with Crippen LogP contribution in [0.4, 0.5) is 5.69 Å². The largest absolute Gasteiger partial charge is 0.508 e. The molecule has 0 aliphatic rings. The molecule has 1 N–H and O–H groups in total. The Labute approximate surface area is 105 Å². The summed E-state index contributed by atoms with van der Waals surface area (Å²) in [6, 6.07) is 6.64. The van der Waals surface area contributed by atoms with E-state index in [-0.39, 0.29) is 11.7 Å². The van der Waals surface area contributed by atoms with Crippen molar-refractivity contribution in [3.05, 3.63) is 42.5 Å². The predicted molar refractivity (Wildman–Crippen MR) is 68.7 cm³/mol. The maximum Gasteiger partial charge on any atom is 0.276 e. The van der Waals surface area contributed by atoms with E-state index in [1.807, 2.05) is 6.92 Å². The molecule has 2 rings (SSSR count). The summed E-state index contributed by atoms with van der Waals surface area (Å²) < 4.78 is 1.67. The SMILES string of the molecule is CCN(C(=O)c1cncn1C)c1cccc(O)c1. The smallest absolute Gasteiger partial charge is 0.276 e. The van der Waals surface area contributed by atoms with E-state index in [0.717, 1.165) is 0 Å². The molecule has 94 valence electrons. The highest BCUT2D eigenvalue weighted by molar-refractivity contribution is 6.04. The zero-order chi connectivity index (χ0) is 13.1. The second-order valence-electron chi connectivity index (χ2n) is 3.96. The zero-order valence-corrected chi connectivity index (χ0v) is 10.4. The lowest BCUT2D eigenvalue weighted by Crippen LogP contribution is -2.31. The molecule has 0 aliphatic heterocycles. The molecule has 5 nitrogen and oxygen atoms in total.